The molecular weight excluding hydrogens is 284 g/mol. The van der Waals surface area contributed by atoms with E-state index < -0.39 is 0 Å². The first-order valence-corrected chi connectivity index (χ1v) is 8.18. The second-order valence-electron chi connectivity index (χ2n) is 6.06. The zero-order valence-electron chi connectivity index (χ0n) is 12.6. The average Bonchev–Trinajstić information content (AvgIpc) is 3.00. The first kappa shape index (κ1) is 14.6. The summed E-state index contributed by atoms with van der Waals surface area (Å²) >= 11 is 6.31. The van der Waals surface area contributed by atoms with Crippen LogP contribution in [0.15, 0.2) is 29.1 Å². The minimum absolute atomic E-state index is 0.0440. The summed E-state index contributed by atoms with van der Waals surface area (Å²) in [7, 11) is 0. The normalized spacial score (nSPS) is 19.0. The van der Waals surface area contributed by atoms with Gasteiger partial charge < -0.3 is 0 Å². The van der Waals surface area contributed by atoms with Gasteiger partial charge in [-0.3, -0.25) is 9.36 Å². The lowest BCUT2D eigenvalue weighted by Gasteiger charge is -2.25. The number of hydrogen-bond donors (Lipinski definition) is 0. The number of nitrogens with zero attached hydrogens (tertiary/aromatic N) is 2. The van der Waals surface area contributed by atoms with Crippen LogP contribution in [0.2, 0.25) is 0 Å². The molecule has 4 heteroatoms. The van der Waals surface area contributed by atoms with Gasteiger partial charge in [-0.05, 0) is 44.7 Å². The fraction of sp³-hybridized carbons (Fsp3) is 0.529. The van der Waals surface area contributed by atoms with Gasteiger partial charge in [-0.2, -0.15) is 0 Å². The topological polar surface area (TPSA) is 34.9 Å². The molecule has 1 aromatic carbocycles. The van der Waals surface area contributed by atoms with E-state index in [2.05, 4.69) is 11.9 Å². The molecule has 0 N–H and O–H groups in total. The van der Waals surface area contributed by atoms with Crippen LogP contribution < -0.4 is 5.56 Å². The van der Waals surface area contributed by atoms with Crippen LogP contribution in [-0.2, 0) is 0 Å². The fourth-order valence-electron chi connectivity index (χ4n) is 3.49. The van der Waals surface area contributed by atoms with Gasteiger partial charge in [-0.15, -0.1) is 11.6 Å². The molecule has 0 amide bonds. The van der Waals surface area contributed by atoms with Gasteiger partial charge in [0.2, 0.25) is 0 Å². The highest BCUT2D eigenvalue weighted by atomic mass is 35.5. The average molecular weight is 305 g/mol. The van der Waals surface area contributed by atoms with Crippen LogP contribution in [0, 0.1) is 5.92 Å². The zero-order chi connectivity index (χ0) is 15.0. The van der Waals surface area contributed by atoms with Crippen LogP contribution in [0.3, 0.4) is 0 Å². The van der Waals surface area contributed by atoms with E-state index in [0.29, 0.717) is 17.1 Å². The van der Waals surface area contributed by atoms with Crippen LogP contribution in [0.25, 0.3) is 10.9 Å². The quantitative estimate of drug-likeness (QED) is 0.785. The molecule has 3 rings (SSSR count). The summed E-state index contributed by atoms with van der Waals surface area (Å²) in [5.41, 5.74) is 0.780. The van der Waals surface area contributed by atoms with Crippen molar-refractivity contribution in [3.63, 3.8) is 0 Å². The van der Waals surface area contributed by atoms with Crippen LogP contribution in [0.4, 0.5) is 0 Å². The third-order valence-electron chi connectivity index (χ3n) is 4.68. The van der Waals surface area contributed by atoms with Crippen molar-refractivity contribution >= 4 is 22.5 Å². The molecule has 2 aromatic rings. The number of hydrogen-bond acceptors (Lipinski definition) is 2. The maximum atomic E-state index is 12.9. The molecule has 1 fully saturated rings. The second kappa shape index (κ2) is 5.80. The highest BCUT2D eigenvalue weighted by Gasteiger charge is 2.27. The van der Waals surface area contributed by atoms with E-state index in [1.165, 1.54) is 25.7 Å². The minimum Gasteiger partial charge on any atom is -0.292 e. The van der Waals surface area contributed by atoms with E-state index in [-0.39, 0.29) is 17.0 Å². The molecule has 1 saturated carbocycles. The Hall–Kier alpha value is -1.35. The van der Waals surface area contributed by atoms with Gasteiger partial charge in [0, 0.05) is 6.04 Å². The first-order chi connectivity index (χ1) is 10.1. The molecular formula is C17H21ClN2O. The Labute approximate surface area is 130 Å². The Morgan fingerprint density at radius 1 is 1.24 bits per heavy atom. The van der Waals surface area contributed by atoms with Gasteiger partial charge in [0.05, 0.1) is 16.3 Å². The summed E-state index contributed by atoms with van der Waals surface area (Å²) in [4.78, 5) is 17.6. The minimum atomic E-state index is -0.272. The van der Waals surface area contributed by atoms with Crippen LogP contribution in [0.1, 0.15) is 56.8 Å². The number of fused-ring (bicyclic) bond motifs is 1. The smallest absolute Gasteiger partial charge is 0.261 e. The second-order valence-corrected chi connectivity index (χ2v) is 6.72. The number of aromatic nitrogens is 2. The lowest BCUT2D eigenvalue weighted by atomic mass is 9.99. The number of para-hydroxylation sites is 1. The summed E-state index contributed by atoms with van der Waals surface area (Å²) < 4.78 is 1.84. The van der Waals surface area contributed by atoms with Crippen molar-refractivity contribution in [1.29, 1.82) is 0 Å². The molecule has 3 nitrogen and oxygen atoms in total. The molecule has 0 saturated heterocycles. The molecule has 1 aromatic heterocycles. The van der Waals surface area contributed by atoms with Gasteiger partial charge in [0.25, 0.3) is 5.56 Å². The Morgan fingerprint density at radius 2 is 1.90 bits per heavy atom. The number of benzene rings is 1. The van der Waals surface area contributed by atoms with Gasteiger partial charge in [0.1, 0.15) is 5.82 Å². The van der Waals surface area contributed by atoms with Crippen LogP contribution in [-0.4, -0.2) is 9.55 Å². The van der Waals surface area contributed by atoms with Crippen molar-refractivity contribution in [2.75, 3.05) is 0 Å². The molecule has 1 heterocycles. The molecule has 0 radical (unpaired) electrons. The largest absolute Gasteiger partial charge is 0.292 e. The predicted molar refractivity (Wildman–Crippen MR) is 86.9 cm³/mol. The monoisotopic (exact) mass is 304 g/mol. The fourth-order valence-corrected chi connectivity index (χ4v) is 3.64. The standard InChI is InChI=1S/C17H21ClN2O/c1-11(18)16-19-15-10-6-5-9-14(15)17(21)20(16)12(2)13-7-3-4-8-13/h5-6,9-13H,3-4,7-8H2,1-2H3. The summed E-state index contributed by atoms with van der Waals surface area (Å²) in [5.74, 6) is 1.25. The highest BCUT2D eigenvalue weighted by molar-refractivity contribution is 6.20. The van der Waals surface area contributed by atoms with E-state index in [9.17, 15) is 4.79 Å². The van der Waals surface area contributed by atoms with E-state index in [0.717, 1.165) is 5.52 Å². The molecule has 1 aliphatic carbocycles. The van der Waals surface area contributed by atoms with Crippen molar-refractivity contribution < 1.29 is 0 Å². The third-order valence-corrected chi connectivity index (χ3v) is 4.88. The van der Waals surface area contributed by atoms with Gasteiger partial charge >= 0.3 is 0 Å². The highest BCUT2D eigenvalue weighted by Crippen LogP contribution is 2.35. The predicted octanol–water partition coefficient (Wildman–Crippen LogP) is 4.45. The Kier molecular flexibility index (Phi) is 4.03. The molecule has 0 spiro atoms. The molecule has 112 valence electrons. The lowest BCUT2D eigenvalue weighted by molar-refractivity contribution is 0.342. The summed E-state index contributed by atoms with van der Waals surface area (Å²) in [5, 5.41) is 0.412. The molecule has 21 heavy (non-hydrogen) atoms. The first-order valence-electron chi connectivity index (χ1n) is 7.75. The van der Waals surface area contributed by atoms with Gasteiger partial charge in [-0.25, -0.2) is 4.98 Å². The Balaban J connectivity index is 2.21. The van der Waals surface area contributed by atoms with Gasteiger partial charge in [-0.1, -0.05) is 25.0 Å². The lowest BCUT2D eigenvalue weighted by Crippen LogP contribution is -2.31. The molecule has 2 unspecified atom stereocenters. The summed E-state index contributed by atoms with van der Waals surface area (Å²) in [6, 6.07) is 7.69. The Morgan fingerprint density at radius 3 is 2.57 bits per heavy atom. The molecule has 0 bridgehead atoms. The van der Waals surface area contributed by atoms with E-state index in [1.807, 2.05) is 35.8 Å². The maximum absolute atomic E-state index is 12.9. The molecule has 1 aliphatic rings. The number of halogens is 1. The van der Waals surface area contributed by atoms with Crippen LogP contribution in [0.5, 0.6) is 0 Å². The van der Waals surface area contributed by atoms with Crippen molar-refractivity contribution in [2.24, 2.45) is 5.92 Å². The number of alkyl halides is 1. The van der Waals surface area contributed by atoms with E-state index >= 15 is 0 Å². The molecule has 0 aliphatic heterocycles. The third kappa shape index (κ3) is 2.59. The van der Waals surface area contributed by atoms with Crippen molar-refractivity contribution in [1.82, 2.24) is 9.55 Å². The van der Waals surface area contributed by atoms with Crippen molar-refractivity contribution in [2.45, 2.75) is 50.9 Å². The van der Waals surface area contributed by atoms with Crippen molar-refractivity contribution in [3.05, 3.63) is 40.4 Å². The molecule has 2 atom stereocenters. The van der Waals surface area contributed by atoms with Crippen LogP contribution >= 0.6 is 11.6 Å². The van der Waals surface area contributed by atoms with Crippen molar-refractivity contribution in [3.8, 4) is 0 Å². The maximum Gasteiger partial charge on any atom is 0.261 e. The van der Waals surface area contributed by atoms with Gasteiger partial charge in [0.15, 0.2) is 0 Å². The SMILES string of the molecule is CC(Cl)c1nc2ccccc2c(=O)n1C(C)C1CCCC1. The zero-order valence-corrected chi connectivity index (χ0v) is 13.3. The van der Waals surface area contributed by atoms with E-state index in [1.54, 1.807) is 0 Å². The Bertz CT molecular complexity index is 701. The summed E-state index contributed by atoms with van der Waals surface area (Å²) in [6.45, 7) is 4.02. The summed E-state index contributed by atoms with van der Waals surface area (Å²) in [6.07, 6.45) is 4.90. The van der Waals surface area contributed by atoms with E-state index in [4.69, 9.17) is 11.6 Å². The number of rotatable bonds is 3.